The molecule has 2 heterocycles. The Morgan fingerprint density at radius 1 is 1.43 bits per heavy atom. The maximum absolute atomic E-state index is 4.34. The van der Waals surface area contributed by atoms with Crippen LogP contribution in [-0.2, 0) is 0 Å². The lowest BCUT2D eigenvalue weighted by Crippen LogP contribution is -2.09. The van der Waals surface area contributed by atoms with Crippen molar-refractivity contribution in [2.45, 2.75) is 26.8 Å². The summed E-state index contributed by atoms with van der Waals surface area (Å²) in [7, 11) is 0. The Labute approximate surface area is 83.6 Å². The van der Waals surface area contributed by atoms with E-state index < -0.39 is 0 Å². The van der Waals surface area contributed by atoms with E-state index >= 15 is 0 Å². The summed E-state index contributed by atoms with van der Waals surface area (Å²) in [6.07, 6.45) is 3.84. The number of H-pyrrole nitrogens is 1. The number of aromatic amines is 1. The Bertz CT molecular complexity index is 443. The topological polar surface area (TPSA) is 40.7 Å². The smallest absolute Gasteiger partial charge is 0.137 e. The van der Waals surface area contributed by atoms with Crippen LogP contribution in [-0.4, -0.2) is 16.0 Å². The first-order valence-electron chi connectivity index (χ1n) is 4.87. The minimum atomic E-state index is 0.438. The zero-order valence-corrected chi connectivity index (χ0v) is 8.76. The lowest BCUT2D eigenvalue weighted by Gasteiger charge is -2.09. The van der Waals surface area contributed by atoms with Crippen LogP contribution in [0.3, 0.4) is 0 Å². The maximum atomic E-state index is 4.34. The van der Waals surface area contributed by atoms with Crippen molar-refractivity contribution in [2.24, 2.45) is 0 Å². The monoisotopic (exact) mass is 189 g/mol. The number of nitrogens with zero attached hydrogens (tertiary/aromatic N) is 1. The summed E-state index contributed by atoms with van der Waals surface area (Å²) < 4.78 is 0. The average molecular weight is 189 g/mol. The molecule has 0 atom stereocenters. The van der Waals surface area contributed by atoms with Gasteiger partial charge < -0.3 is 10.3 Å². The van der Waals surface area contributed by atoms with Crippen molar-refractivity contribution in [3.05, 3.63) is 24.0 Å². The molecule has 2 aromatic rings. The van der Waals surface area contributed by atoms with Crippen LogP contribution in [0.5, 0.6) is 0 Å². The molecule has 2 rings (SSSR count). The fourth-order valence-electron chi connectivity index (χ4n) is 1.55. The Hall–Kier alpha value is -1.51. The minimum absolute atomic E-state index is 0.438. The summed E-state index contributed by atoms with van der Waals surface area (Å²) in [6.45, 7) is 6.32. The molecule has 0 bridgehead atoms. The molecule has 2 N–H and O–H groups in total. The third-order valence-corrected chi connectivity index (χ3v) is 2.19. The van der Waals surface area contributed by atoms with Crippen LogP contribution in [0.4, 0.5) is 5.69 Å². The first kappa shape index (κ1) is 9.06. The molecule has 0 aliphatic carbocycles. The van der Waals surface area contributed by atoms with E-state index in [0.717, 1.165) is 11.3 Å². The van der Waals surface area contributed by atoms with Crippen molar-refractivity contribution in [2.75, 3.05) is 5.32 Å². The predicted octanol–water partition coefficient (Wildman–Crippen LogP) is 2.69. The zero-order chi connectivity index (χ0) is 10.1. The molecule has 2 aromatic heterocycles. The number of aryl methyl sites for hydroxylation is 1. The molecule has 0 spiro atoms. The molecule has 0 fully saturated rings. The summed E-state index contributed by atoms with van der Waals surface area (Å²) in [5.41, 5.74) is 3.27. The SMILES string of the molecule is Cc1c[nH]c2ncc(NC(C)C)cc12. The average Bonchev–Trinajstić information content (AvgIpc) is 2.47. The van der Waals surface area contributed by atoms with Crippen LogP contribution < -0.4 is 5.32 Å². The van der Waals surface area contributed by atoms with E-state index in [-0.39, 0.29) is 0 Å². The second kappa shape index (κ2) is 3.33. The fraction of sp³-hybridized carbons (Fsp3) is 0.364. The third kappa shape index (κ3) is 1.58. The van der Waals surface area contributed by atoms with Gasteiger partial charge in [0.25, 0.3) is 0 Å². The Morgan fingerprint density at radius 3 is 2.93 bits per heavy atom. The van der Waals surface area contributed by atoms with E-state index in [1.165, 1.54) is 10.9 Å². The number of fused-ring (bicyclic) bond motifs is 1. The fourth-order valence-corrected chi connectivity index (χ4v) is 1.55. The van der Waals surface area contributed by atoms with Gasteiger partial charge in [-0.2, -0.15) is 0 Å². The summed E-state index contributed by atoms with van der Waals surface area (Å²) in [5.74, 6) is 0. The number of nitrogens with one attached hydrogen (secondary N) is 2. The Kier molecular flexibility index (Phi) is 2.15. The zero-order valence-electron chi connectivity index (χ0n) is 8.76. The van der Waals surface area contributed by atoms with Crippen molar-refractivity contribution >= 4 is 16.7 Å². The summed E-state index contributed by atoms with van der Waals surface area (Å²) in [6, 6.07) is 2.57. The molecule has 0 amide bonds. The van der Waals surface area contributed by atoms with E-state index in [1.807, 2.05) is 12.4 Å². The van der Waals surface area contributed by atoms with Gasteiger partial charge in [-0.15, -0.1) is 0 Å². The Morgan fingerprint density at radius 2 is 2.21 bits per heavy atom. The van der Waals surface area contributed by atoms with Gasteiger partial charge in [-0.05, 0) is 32.4 Å². The number of hydrogen-bond acceptors (Lipinski definition) is 2. The summed E-state index contributed by atoms with van der Waals surface area (Å²) in [5, 5.41) is 4.53. The molecular formula is C11H15N3. The molecular weight excluding hydrogens is 174 g/mol. The number of aromatic nitrogens is 2. The van der Waals surface area contributed by atoms with Gasteiger partial charge in [0.2, 0.25) is 0 Å². The van der Waals surface area contributed by atoms with Gasteiger partial charge in [0.15, 0.2) is 0 Å². The molecule has 74 valence electrons. The quantitative estimate of drug-likeness (QED) is 0.762. The van der Waals surface area contributed by atoms with E-state index in [2.05, 4.69) is 42.1 Å². The lowest BCUT2D eigenvalue weighted by molar-refractivity contribution is 0.898. The van der Waals surface area contributed by atoms with Crippen LogP contribution in [0.1, 0.15) is 19.4 Å². The highest BCUT2D eigenvalue weighted by Crippen LogP contribution is 2.19. The molecule has 0 saturated heterocycles. The van der Waals surface area contributed by atoms with Crippen molar-refractivity contribution in [3.8, 4) is 0 Å². The first-order chi connectivity index (χ1) is 6.66. The number of hydrogen-bond donors (Lipinski definition) is 2. The second-order valence-corrected chi connectivity index (χ2v) is 3.89. The van der Waals surface area contributed by atoms with Crippen LogP contribution in [0, 0.1) is 6.92 Å². The van der Waals surface area contributed by atoms with Crippen molar-refractivity contribution in [1.29, 1.82) is 0 Å². The first-order valence-corrected chi connectivity index (χ1v) is 4.87. The van der Waals surface area contributed by atoms with Gasteiger partial charge in [-0.1, -0.05) is 0 Å². The van der Waals surface area contributed by atoms with Gasteiger partial charge in [0.1, 0.15) is 5.65 Å². The van der Waals surface area contributed by atoms with Crippen LogP contribution in [0.25, 0.3) is 11.0 Å². The standard InChI is InChI=1S/C11H15N3/c1-7(2)14-9-4-10-8(3)5-12-11(10)13-6-9/h4-7,14H,1-3H3,(H,12,13). The molecule has 14 heavy (non-hydrogen) atoms. The van der Waals surface area contributed by atoms with Crippen LogP contribution in [0.15, 0.2) is 18.5 Å². The molecule has 0 unspecified atom stereocenters. The van der Waals surface area contributed by atoms with E-state index in [0.29, 0.717) is 6.04 Å². The highest BCUT2D eigenvalue weighted by atomic mass is 14.9. The number of anilines is 1. The summed E-state index contributed by atoms with van der Waals surface area (Å²) in [4.78, 5) is 7.47. The van der Waals surface area contributed by atoms with Gasteiger partial charge in [-0.25, -0.2) is 4.98 Å². The van der Waals surface area contributed by atoms with E-state index in [1.54, 1.807) is 0 Å². The van der Waals surface area contributed by atoms with Crippen LogP contribution >= 0.6 is 0 Å². The van der Waals surface area contributed by atoms with Crippen LogP contribution in [0.2, 0.25) is 0 Å². The highest BCUT2D eigenvalue weighted by Gasteiger charge is 2.02. The third-order valence-electron chi connectivity index (χ3n) is 2.19. The van der Waals surface area contributed by atoms with Gasteiger partial charge in [-0.3, -0.25) is 0 Å². The summed E-state index contributed by atoms with van der Waals surface area (Å²) >= 11 is 0. The molecule has 0 saturated carbocycles. The lowest BCUT2D eigenvalue weighted by atomic mass is 10.2. The largest absolute Gasteiger partial charge is 0.382 e. The van der Waals surface area contributed by atoms with Gasteiger partial charge >= 0.3 is 0 Å². The maximum Gasteiger partial charge on any atom is 0.137 e. The second-order valence-electron chi connectivity index (χ2n) is 3.89. The van der Waals surface area contributed by atoms with E-state index in [4.69, 9.17) is 0 Å². The van der Waals surface area contributed by atoms with E-state index in [9.17, 15) is 0 Å². The van der Waals surface area contributed by atoms with Gasteiger partial charge in [0.05, 0.1) is 11.9 Å². The number of rotatable bonds is 2. The van der Waals surface area contributed by atoms with Crippen molar-refractivity contribution in [3.63, 3.8) is 0 Å². The Balaban J connectivity index is 2.44. The minimum Gasteiger partial charge on any atom is -0.382 e. The molecule has 3 heteroatoms. The molecule has 0 aliphatic rings. The molecule has 0 radical (unpaired) electrons. The molecule has 0 aromatic carbocycles. The normalized spacial score (nSPS) is 11.1. The van der Waals surface area contributed by atoms with Gasteiger partial charge in [0, 0.05) is 17.6 Å². The molecule has 3 nitrogen and oxygen atoms in total. The predicted molar refractivity (Wildman–Crippen MR) is 59.6 cm³/mol. The van der Waals surface area contributed by atoms with Crippen molar-refractivity contribution in [1.82, 2.24) is 9.97 Å². The highest BCUT2D eigenvalue weighted by molar-refractivity contribution is 5.82. The molecule has 0 aliphatic heterocycles. The number of pyridine rings is 1. The van der Waals surface area contributed by atoms with Crippen molar-refractivity contribution < 1.29 is 0 Å².